The van der Waals surface area contributed by atoms with Gasteiger partial charge in [0.05, 0.1) is 0 Å². The smallest absolute Gasteiger partial charge is 0.143 e. The summed E-state index contributed by atoms with van der Waals surface area (Å²) in [5.74, 6) is 2.38. The number of benzene rings is 1. The van der Waals surface area contributed by atoms with E-state index in [9.17, 15) is 10.2 Å². The molecule has 0 amide bonds. The SMILES string of the molecule is C#CC(O)c1cc(C(C)(C)C)cc(C(C)(C)C)c1O. The molecule has 0 aliphatic rings. The normalized spacial score (nSPS) is 14.0. The Balaban J connectivity index is 3.63. The fraction of sp³-hybridized carbons (Fsp3) is 0.529. The Kier molecular flexibility index (Phi) is 4.03. The molecule has 2 N–H and O–H groups in total. The fourth-order valence-corrected chi connectivity index (χ4v) is 1.96. The van der Waals surface area contributed by atoms with Crippen molar-refractivity contribution in [2.24, 2.45) is 0 Å². The van der Waals surface area contributed by atoms with Gasteiger partial charge in [0.2, 0.25) is 0 Å². The van der Waals surface area contributed by atoms with Crippen LogP contribution in [0.15, 0.2) is 12.1 Å². The number of terminal acetylenes is 1. The molecule has 0 radical (unpaired) electrons. The highest BCUT2D eigenvalue weighted by atomic mass is 16.3. The van der Waals surface area contributed by atoms with Crippen molar-refractivity contribution in [2.45, 2.75) is 58.5 Å². The van der Waals surface area contributed by atoms with Gasteiger partial charge in [0.25, 0.3) is 0 Å². The summed E-state index contributed by atoms with van der Waals surface area (Å²) in [5, 5.41) is 20.3. The Morgan fingerprint density at radius 2 is 1.58 bits per heavy atom. The second kappa shape index (κ2) is 4.90. The quantitative estimate of drug-likeness (QED) is 0.757. The van der Waals surface area contributed by atoms with E-state index >= 15 is 0 Å². The van der Waals surface area contributed by atoms with Gasteiger partial charge >= 0.3 is 0 Å². The molecule has 0 heterocycles. The van der Waals surface area contributed by atoms with Crippen LogP contribution in [0, 0.1) is 12.3 Å². The molecule has 0 saturated heterocycles. The van der Waals surface area contributed by atoms with Gasteiger partial charge in [-0.05, 0) is 28.0 Å². The lowest BCUT2D eigenvalue weighted by Crippen LogP contribution is -2.18. The Labute approximate surface area is 116 Å². The highest BCUT2D eigenvalue weighted by Crippen LogP contribution is 2.39. The third-order valence-electron chi connectivity index (χ3n) is 3.27. The Morgan fingerprint density at radius 3 is 1.95 bits per heavy atom. The molecule has 1 atom stereocenters. The minimum atomic E-state index is -1.08. The fourth-order valence-electron chi connectivity index (χ4n) is 1.96. The summed E-state index contributed by atoms with van der Waals surface area (Å²) in [4.78, 5) is 0. The molecule has 0 aliphatic carbocycles. The van der Waals surface area contributed by atoms with Crippen molar-refractivity contribution in [3.05, 3.63) is 28.8 Å². The van der Waals surface area contributed by atoms with Crippen LogP contribution in [0.25, 0.3) is 0 Å². The summed E-state index contributed by atoms with van der Waals surface area (Å²) in [5.41, 5.74) is 1.99. The summed E-state index contributed by atoms with van der Waals surface area (Å²) in [7, 11) is 0. The average molecular weight is 260 g/mol. The third kappa shape index (κ3) is 3.30. The van der Waals surface area contributed by atoms with Crippen LogP contribution in [0.1, 0.15) is 64.3 Å². The topological polar surface area (TPSA) is 40.5 Å². The summed E-state index contributed by atoms with van der Waals surface area (Å²) in [6.07, 6.45) is 4.20. The Hall–Kier alpha value is -1.46. The first kappa shape index (κ1) is 15.6. The van der Waals surface area contributed by atoms with Crippen molar-refractivity contribution >= 4 is 0 Å². The van der Waals surface area contributed by atoms with Gasteiger partial charge in [-0.15, -0.1) is 6.42 Å². The zero-order valence-corrected chi connectivity index (χ0v) is 12.7. The molecule has 0 bridgehead atoms. The van der Waals surface area contributed by atoms with Gasteiger partial charge in [0, 0.05) is 5.56 Å². The number of hydrogen-bond donors (Lipinski definition) is 2. The van der Waals surface area contributed by atoms with Crippen molar-refractivity contribution in [3.63, 3.8) is 0 Å². The van der Waals surface area contributed by atoms with Crippen molar-refractivity contribution in [2.75, 3.05) is 0 Å². The van der Waals surface area contributed by atoms with Crippen molar-refractivity contribution in [1.82, 2.24) is 0 Å². The molecular weight excluding hydrogens is 236 g/mol. The molecule has 0 fully saturated rings. The maximum Gasteiger partial charge on any atom is 0.143 e. The molecule has 1 unspecified atom stereocenters. The van der Waals surface area contributed by atoms with Crippen LogP contribution < -0.4 is 0 Å². The molecule has 19 heavy (non-hydrogen) atoms. The average Bonchev–Trinajstić information content (AvgIpc) is 2.25. The zero-order valence-electron chi connectivity index (χ0n) is 12.7. The van der Waals surface area contributed by atoms with Gasteiger partial charge in [-0.3, -0.25) is 0 Å². The number of aliphatic hydroxyl groups excluding tert-OH is 1. The lowest BCUT2D eigenvalue weighted by molar-refractivity contribution is 0.232. The maximum absolute atomic E-state index is 10.4. The third-order valence-corrected chi connectivity index (χ3v) is 3.27. The summed E-state index contributed by atoms with van der Waals surface area (Å²) in [6, 6.07) is 3.80. The highest BCUT2D eigenvalue weighted by Gasteiger charge is 2.26. The first-order valence-electron chi connectivity index (χ1n) is 6.50. The standard InChI is InChI=1S/C17H24O2/c1-8-14(18)12-9-11(16(2,3)4)10-13(15(12)19)17(5,6)7/h1,9-10,14,18-19H,2-7H3. The van der Waals surface area contributed by atoms with Crippen LogP contribution in [-0.2, 0) is 10.8 Å². The Morgan fingerprint density at radius 1 is 1.05 bits per heavy atom. The maximum atomic E-state index is 10.4. The van der Waals surface area contributed by atoms with Crippen LogP contribution in [-0.4, -0.2) is 10.2 Å². The van der Waals surface area contributed by atoms with E-state index < -0.39 is 6.10 Å². The van der Waals surface area contributed by atoms with E-state index in [2.05, 4.69) is 26.7 Å². The predicted molar refractivity (Wildman–Crippen MR) is 79.3 cm³/mol. The first-order valence-corrected chi connectivity index (χ1v) is 6.50. The first-order chi connectivity index (χ1) is 8.48. The number of aromatic hydroxyl groups is 1. The lowest BCUT2D eigenvalue weighted by Gasteiger charge is -2.28. The van der Waals surface area contributed by atoms with Crippen LogP contribution in [0.2, 0.25) is 0 Å². The Bertz CT molecular complexity index is 508. The molecule has 104 valence electrons. The summed E-state index contributed by atoms with van der Waals surface area (Å²) >= 11 is 0. The number of rotatable bonds is 1. The van der Waals surface area contributed by atoms with Gasteiger partial charge in [-0.2, -0.15) is 0 Å². The van der Waals surface area contributed by atoms with E-state index in [-0.39, 0.29) is 16.6 Å². The minimum Gasteiger partial charge on any atom is -0.507 e. The van der Waals surface area contributed by atoms with Gasteiger partial charge < -0.3 is 10.2 Å². The molecule has 0 aliphatic heterocycles. The molecule has 0 aromatic heterocycles. The van der Waals surface area contributed by atoms with E-state index in [1.54, 1.807) is 6.07 Å². The molecule has 1 aromatic carbocycles. The van der Waals surface area contributed by atoms with Gasteiger partial charge in [-0.25, -0.2) is 0 Å². The molecule has 1 aromatic rings. The van der Waals surface area contributed by atoms with Crippen LogP contribution in [0.5, 0.6) is 5.75 Å². The van der Waals surface area contributed by atoms with Crippen LogP contribution >= 0.6 is 0 Å². The number of phenols is 1. The van der Waals surface area contributed by atoms with E-state index in [4.69, 9.17) is 6.42 Å². The predicted octanol–water partition coefficient (Wildman–Crippen LogP) is 3.65. The van der Waals surface area contributed by atoms with Gasteiger partial charge in [0.1, 0.15) is 11.9 Å². The lowest BCUT2D eigenvalue weighted by atomic mass is 9.78. The van der Waals surface area contributed by atoms with Gasteiger partial charge in [0.15, 0.2) is 0 Å². The van der Waals surface area contributed by atoms with Crippen LogP contribution in [0.3, 0.4) is 0 Å². The molecular formula is C17H24O2. The number of aliphatic hydroxyl groups is 1. The van der Waals surface area contributed by atoms with Gasteiger partial charge in [-0.1, -0.05) is 53.5 Å². The van der Waals surface area contributed by atoms with Crippen molar-refractivity contribution < 1.29 is 10.2 Å². The zero-order chi connectivity index (χ0) is 15.0. The van der Waals surface area contributed by atoms with E-state index in [0.717, 1.165) is 11.1 Å². The molecule has 2 heteroatoms. The summed E-state index contributed by atoms with van der Waals surface area (Å²) in [6.45, 7) is 12.4. The highest BCUT2D eigenvalue weighted by molar-refractivity contribution is 5.50. The van der Waals surface area contributed by atoms with E-state index in [1.807, 2.05) is 26.8 Å². The molecule has 1 rings (SSSR count). The summed E-state index contributed by atoms with van der Waals surface area (Å²) < 4.78 is 0. The van der Waals surface area contributed by atoms with E-state index in [1.165, 1.54) is 0 Å². The number of phenolic OH excluding ortho intramolecular Hbond substituents is 1. The second-order valence-corrected chi connectivity index (χ2v) is 7.03. The van der Waals surface area contributed by atoms with E-state index in [0.29, 0.717) is 5.56 Å². The molecule has 0 spiro atoms. The molecule has 2 nitrogen and oxygen atoms in total. The van der Waals surface area contributed by atoms with Crippen molar-refractivity contribution in [3.8, 4) is 18.1 Å². The van der Waals surface area contributed by atoms with Crippen LogP contribution in [0.4, 0.5) is 0 Å². The second-order valence-electron chi connectivity index (χ2n) is 7.03. The number of hydrogen-bond acceptors (Lipinski definition) is 2. The molecule has 0 saturated carbocycles. The largest absolute Gasteiger partial charge is 0.507 e. The van der Waals surface area contributed by atoms with Crippen molar-refractivity contribution in [1.29, 1.82) is 0 Å². The minimum absolute atomic E-state index is 0.0727. The monoisotopic (exact) mass is 260 g/mol.